The van der Waals surface area contributed by atoms with Gasteiger partial charge < -0.3 is 4.48 Å². The highest BCUT2D eigenvalue weighted by Gasteiger charge is 2.23. The lowest BCUT2D eigenvalue weighted by Crippen LogP contribution is -2.49. The molecule has 0 aromatic heterocycles. The van der Waals surface area contributed by atoms with Crippen molar-refractivity contribution >= 4 is 0 Å². The van der Waals surface area contributed by atoms with E-state index in [1.165, 1.54) is 243 Å². The molecular weight excluding hydrogens is 506 g/mol. The molecule has 254 valence electrons. The summed E-state index contributed by atoms with van der Waals surface area (Å²) in [6.07, 6.45) is 48.4. The van der Waals surface area contributed by atoms with Crippen molar-refractivity contribution in [3.8, 4) is 0 Å². The van der Waals surface area contributed by atoms with Gasteiger partial charge in [0, 0.05) is 0 Å². The Balaban J connectivity index is 3.61. The first kappa shape index (κ1) is 42.0. The second kappa shape index (κ2) is 35.4. The van der Waals surface area contributed by atoms with Crippen molar-refractivity contribution in [1.82, 2.24) is 0 Å². The molecule has 42 heavy (non-hydrogen) atoms. The number of unbranched alkanes of at least 4 members (excludes halogenated alkanes) is 30. The largest absolute Gasteiger partial charge is 0.324 e. The van der Waals surface area contributed by atoms with Crippen molar-refractivity contribution in [3.05, 3.63) is 0 Å². The lowest BCUT2D eigenvalue weighted by Gasteiger charge is -2.38. The van der Waals surface area contributed by atoms with Crippen molar-refractivity contribution in [3.63, 3.8) is 0 Å². The maximum Gasteiger partial charge on any atom is 0.0786 e. The maximum atomic E-state index is 2.47. The predicted octanol–water partition coefficient (Wildman–Crippen LogP) is 14.8. The molecule has 0 aliphatic carbocycles. The van der Waals surface area contributed by atoms with Crippen LogP contribution in [0.5, 0.6) is 0 Å². The highest BCUT2D eigenvalue weighted by Crippen LogP contribution is 2.18. The first-order chi connectivity index (χ1) is 20.7. The summed E-state index contributed by atoms with van der Waals surface area (Å²) < 4.78 is 1.41. The molecule has 0 atom stereocenters. The summed E-state index contributed by atoms with van der Waals surface area (Å²) in [5, 5.41) is 0. The molecule has 0 bridgehead atoms. The molecule has 0 radical (unpaired) electrons. The first-order valence-electron chi connectivity index (χ1n) is 20.6. The smallest absolute Gasteiger partial charge is 0.0786 e. The zero-order chi connectivity index (χ0) is 30.7. The fourth-order valence-electron chi connectivity index (χ4n) is 7.27. The van der Waals surface area contributed by atoms with Crippen LogP contribution < -0.4 is 0 Å². The molecule has 0 saturated heterocycles. The molecular formula is C41H86N+. The molecule has 0 aromatic rings. The van der Waals surface area contributed by atoms with E-state index in [0.717, 1.165) is 0 Å². The predicted molar refractivity (Wildman–Crippen MR) is 195 cm³/mol. The second-order valence-corrected chi connectivity index (χ2v) is 14.4. The molecule has 1 nitrogen and oxygen atoms in total. The Bertz CT molecular complexity index is 435. The standard InChI is InChI=1S/C41H86N/c1-5-9-11-13-15-17-19-21-23-25-27-29-31-33-35-37-40-42(8-4,39-7-3)41-38-36-34-32-30-28-26-24-22-20-18-16-14-12-10-6-2/h5-41H2,1-4H3/q+1. The van der Waals surface area contributed by atoms with Crippen LogP contribution in [0.1, 0.15) is 240 Å². The molecule has 0 rings (SSSR count). The summed E-state index contributed by atoms with van der Waals surface area (Å²) in [6, 6.07) is 0. The zero-order valence-corrected chi connectivity index (χ0v) is 30.6. The molecule has 0 heterocycles. The van der Waals surface area contributed by atoms with Crippen LogP contribution in [-0.2, 0) is 0 Å². The third-order valence-electron chi connectivity index (χ3n) is 10.3. The Hall–Kier alpha value is -0.0400. The molecule has 0 aliphatic heterocycles. The highest BCUT2D eigenvalue weighted by atomic mass is 15.3. The molecule has 0 saturated carbocycles. The van der Waals surface area contributed by atoms with Gasteiger partial charge in [-0.25, -0.2) is 0 Å². The fraction of sp³-hybridized carbons (Fsp3) is 1.00. The average molecular weight is 593 g/mol. The molecule has 1 heteroatoms. The minimum absolute atomic E-state index is 1.35. The number of rotatable bonds is 37. The van der Waals surface area contributed by atoms with E-state index in [4.69, 9.17) is 0 Å². The van der Waals surface area contributed by atoms with Gasteiger partial charge in [-0.2, -0.15) is 0 Å². The number of hydrogen-bond acceptors (Lipinski definition) is 0. The third-order valence-corrected chi connectivity index (χ3v) is 10.3. The van der Waals surface area contributed by atoms with Gasteiger partial charge in [-0.3, -0.25) is 0 Å². The van der Waals surface area contributed by atoms with E-state index in [0.29, 0.717) is 0 Å². The SMILES string of the molecule is CCCCCCCCCCCCCCCCCC[N+](CC)(CCC)CCCCCCCCCCCCCCCCCC. The summed E-state index contributed by atoms with van der Waals surface area (Å²) in [5.74, 6) is 0. The molecule has 0 unspecified atom stereocenters. The minimum atomic E-state index is 1.35. The van der Waals surface area contributed by atoms with Crippen molar-refractivity contribution < 1.29 is 4.48 Å². The number of quaternary nitrogens is 1. The van der Waals surface area contributed by atoms with Crippen LogP contribution in [0, 0.1) is 0 Å². The first-order valence-corrected chi connectivity index (χ1v) is 20.6. The molecule has 0 fully saturated rings. The van der Waals surface area contributed by atoms with Crippen LogP contribution in [0.3, 0.4) is 0 Å². The Morgan fingerprint density at radius 2 is 0.429 bits per heavy atom. The quantitative estimate of drug-likeness (QED) is 0.0497. The maximum absolute atomic E-state index is 2.47. The normalized spacial score (nSPS) is 12.0. The van der Waals surface area contributed by atoms with Crippen molar-refractivity contribution in [2.75, 3.05) is 26.2 Å². The van der Waals surface area contributed by atoms with Gasteiger partial charge >= 0.3 is 0 Å². The van der Waals surface area contributed by atoms with E-state index in [-0.39, 0.29) is 0 Å². The van der Waals surface area contributed by atoms with Crippen LogP contribution in [0.2, 0.25) is 0 Å². The van der Waals surface area contributed by atoms with Gasteiger partial charge in [0.05, 0.1) is 26.2 Å². The lowest BCUT2D eigenvalue weighted by molar-refractivity contribution is -0.927. The third kappa shape index (κ3) is 30.0. The molecule has 0 N–H and O–H groups in total. The number of hydrogen-bond donors (Lipinski definition) is 0. The van der Waals surface area contributed by atoms with E-state index in [1.54, 1.807) is 0 Å². The van der Waals surface area contributed by atoms with Gasteiger partial charge in [0.15, 0.2) is 0 Å². The van der Waals surface area contributed by atoms with Crippen LogP contribution in [0.25, 0.3) is 0 Å². The second-order valence-electron chi connectivity index (χ2n) is 14.4. The summed E-state index contributed by atoms with van der Waals surface area (Å²) in [5.41, 5.74) is 0. The van der Waals surface area contributed by atoms with Crippen molar-refractivity contribution in [2.45, 2.75) is 240 Å². The summed E-state index contributed by atoms with van der Waals surface area (Å²) in [4.78, 5) is 0. The van der Waals surface area contributed by atoms with E-state index < -0.39 is 0 Å². The minimum Gasteiger partial charge on any atom is -0.324 e. The molecule has 0 aromatic carbocycles. The number of nitrogens with zero attached hydrogens (tertiary/aromatic N) is 1. The summed E-state index contributed by atoms with van der Waals surface area (Å²) in [7, 11) is 0. The average Bonchev–Trinajstić information content (AvgIpc) is 3.00. The van der Waals surface area contributed by atoms with Gasteiger partial charge in [0.2, 0.25) is 0 Å². The van der Waals surface area contributed by atoms with Gasteiger partial charge in [-0.1, -0.05) is 201 Å². The fourth-order valence-corrected chi connectivity index (χ4v) is 7.27. The molecule has 0 spiro atoms. The summed E-state index contributed by atoms with van der Waals surface area (Å²) in [6.45, 7) is 15.2. The van der Waals surface area contributed by atoms with Crippen LogP contribution in [0.4, 0.5) is 0 Å². The molecule has 0 amide bonds. The van der Waals surface area contributed by atoms with Gasteiger partial charge in [-0.15, -0.1) is 0 Å². The van der Waals surface area contributed by atoms with Crippen LogP contribution >= 0.6 is 0 Å². The van der Waals surface area contributed by atoms with E-state index in [1.807, 2.05) is 0 Å². The highest BCUT2D eigenvalue weighted by molar-refractivity contribution is 4.53. The van der Waals surface area contributed by atoms with Gasteiger partial charge in [0.1, 0.15) is 0 Å². The van der Waals surface area contributed by atoms with Crippen LogP contribution in [0.15, 0.2) is 0 Å². The van der Waals surface area contributed by atoms with E-state index >= 15 is 0 Å². The van der Waals surface area contributed by atoms with E-state index in [9.17, 15) is 0 Å². The zero-order valence-electron chi connectivity index (χ0n) is 30.6. The molecule has 0 aliphatic rings. The Labute approximate surface area is 269 Å². The van der Waals surface area contributed by atoms with Crippen LogP contribution in [-0.4, -0.2) is 30.7 Å². The Morgan fingerprint density at radius 3 is 0.619 bits per heavy atom. The van der Waals surface area contributed by atoms with E-state index in [2.05, 4.69) is 27.7 Å². The Kier molecular flexibility index (Phi) is 35.4. The monoisotopic (exact) mass is 593 g/mol. The lowest BCUT2D eigenvalue weighted by atomic mass is 10.0. The van der Waals surface area contributed by atoms with Crippen molar-refractivity contribution in [1.29, 1.82) is 0 Å². The Morgan fingerprint density at radius 1 is 0.214 bits per heavy atom. The van der Waals surface area contributed by atoms with Crippen molar-refractivity contribution in [2.24, 2.45) is 0 Å². The van der Waals surface area contributed by atoms with Gasteiger partial charge in [-0.05, 0) is 39.0 Å². The topological polar surface area (TPSA) is 0 Å². The van der Waals surface area contributed by atoms with Gasteiger partial charge in [0.25, 0.3) is 0 Å². The summed E-state index contributed by atoms with van der Waals surface area (Å²) >= 11 is 0.